The molecule has 152 valence electrons. The number of rotatable bonds is 1. The molecule has 2 aliphatic heterocycles. The molecule has 1 amide bonds. The van der Waals surface area contributed by atoms with Crippen LogP contribution in [-0.4, -0.2) is 36.2 Å². The Labute approximate surface area is 169 Å². The van der Waals surface area contributed by atoms with Crippen molar-refractivity contribution in [2.24, 2.45) is 0 Å². The fraction of sp³-hybridized carbons (Fsp3) is 0.200. The van der Waals surface area contributed by atoms with Gasteiger partial charge in [0.15, 0.2) is 11.6 Å². The van der Waals surface area contributed by atoms with Gasteiger partial charge in [0.05, 0.1) is 5.02 Å². The highest BCUT2D eigenvalue weighted by atomic mass is 35.5. The molecule has 29 heavy (non-hydrogen) atoms. The number of carbonyl (C=O) groups excluding carboxylic acids is 1. The summed E-state index contributed by atoms with van der Waals surface area (Å²) < 4.78 is 38.9. The minimum atomic E-state index is -1.43. The first-order chi connectivity index (χ1) is 13.9. The van der Waals surface area contributed by atoms with Crippen molar-refractivity contribution in [3.8, 4) is 11.5 Å². The van der Waals surface area contributed by atoms with Crippen molar-refractivity contribution in [1.82, 2.24) is 5.32 Å². The maximum absolute atomic E-state index is 14.3. The number of aliphatic carboxylic acids is 1. The highest BCUT2D eigenvalue weighted by Crippen LogP contribution is 2.27. The lowest BCUT2D eigenvalue weighted by Gasteiger charge is -2.18. The Balaban J connectivity index is 2.00. The second-order valence-corrected chi connectivity index (χ2v) is 6.57. The first kappa shape index (κ1) is 20.6. The zero-order valence-corrected chi connectivity index (χ0v) is 15.7. The van der Waals surface area contributed by atoms with Crippen LogP contribution in [-0.2, 0) is 11.2 Å². The molecule has 0 aromatic heterocycles. The van der Waals surface area contributed by atoms with Crippen LogP contribution in [0.1, 0.15) is 15.9 Å². The van der Waals surface area contributed by atoms with E-state index in [1.807, 2.05) is 0 Å². The predicted molar refractivity (Wildman–Crippen MR) is 101 cm³/mol. The molecular formula is C20H16ClF2NO5. The third kappa shape index (κ3) is 4.83. The summed E-state index contributed by atoms with van der Waals surface area (Å²) in [5.41, 5.74) is -0.199. The molecule has 0 saturated heterocycles. The summed E-state index contributed by atoms with van der Waals surface area (Å²) in [5.74, 6) is -4.94. The summed E-state index contributed by atoms with van der Waals surface area (Å²) >= 11 is 6.15. The number of benzene rings is 2. The molecule has 6 nitrogen and oxygen atoms in total. The lowest BCUT2D eigenvalue weighted by atomic mass is 10.0. The van der Waals surface area contributed by atoms with Crippen LogP contribution in [0.15, 0.2) is 42.5 Å². The van der Waals surface area contributed by atoms with Crippen LogP contribution in [0, 0.1) is 11.6 Å². The van der Waals surface area contributed by atoms with Gasteiger partial charge in [-0.3, -0.25) is 4.79 Å². The number of nitrogens with one attached hydrogen (secondary N) is 1. The van der Waals surface area contributed by atoms with Crippen LogP contribution >= 0.6 is 11.6 Å². The minimum Gasteiger partial charge on any atom is -0.489 e. The fourth-order valence-electron chi connectivity index (χ4n) is 2.73. The van der Waals surface area contributed by atoms with Gasteiger partial charge in [-0.25, -0.2) is 13.6 Å². The van der Waals surface area contributed by atoms with E-state index in [1.165, 1.54) is 6.07 Å². The molecule has 0 unspecified atom stereocenters. The monoisotopic (exact) mass is 423 g/mol. The zero-order chi connectivity index (χ0) is 21.0. The van der Waals surface area contributed by atoms with E-state index >= 15 is 0 Å². The van der Waals surface area contributed by atoms with Gasteiger partial charge in [0, 0.05) is 6.42 Å². The van der Waals surface area contributed by atoms with Gasteiger partial charge in [0.25, 0.3) is 5.91 Å². The highest BCUT2D eigenvalue weighted by Gasteiger charge is 2.27. The Hall–Kier alpha value is -3.13. The van der Waals surface area contributed by atoms with E-state index in [9.17, 15) is 23.5 Å². The van der Waals surface area contributed by atoms with Gasteiger partial charge in [-0.05, 0) is 42.0 Å². The van der Waals surface area contributed by atoms with Crippen molar-refractivity contribution in [1.29, 1.82) is 0 Å². The van der Waals surface area contributed by atoms with Gasteiger partial charge in [0.2, 0.25) is 0 Å². The number of fused-ring (bicyclic) bond motifs is 9. The van der Waals surface area contributed by atoms with Crippen LogP contribution in [0.5, 0.6) is 11.5 Å². The third-order valence-electron chi connectivity index (χ3n) is 4.16. The number of carboxylic acids is 1. The molecule has 2 aliphatic rings. The van der Waals surface area contributed by atoms with Gasteiger partial charge in [-0.15, -0.1) is 0 Å². The summed E-state index contributed by atoms with van der Waals surface area (Å²) in [7, 11) is 0. The van der Waals surface area contributed by atoms with Crippen LogP contribution < -0.4 is 14.8 Å². The van der Waals surface area contributed by atoms with Crippen molar-refractivity contribution < 1.29 is 33.0 Å². The molecule has 1 atom stereocenters. The average molecular weight is 424 g/mol. The van der Waals surface area contributed by atoms with Gasteiger partial charge in [-0.1, -0.05) is 17.7 Å². The van der Waals surface area contributed by atoms with Crippen molar-refractivity contribution in [3.63, 3.8) is 0 Å². The van der Waals surface area contributed by atoms with Crippen LogP contribution in [0.3, 0.4) is 0 Å². The van der Waals surface area contributed by atoms with Gasteiger partial charge >= 0.3 is 5.97 Å². The SMILES string of the molecule is O=C1N[C@H](C(=O)O)Cc2ccc(c(Cl)c2)OC/C=C/COc2ccc(F)c(F)c21. The Morgan fingerprint density at radius 2 is 1.76 bits per heavy atom. The standard InChI is InChI=1S/C20H16ClF2NO5/c21-12-9-11-3-5-15(12)28-7-1-2-8-29-16-6-4-13(22)18(23)17(16)19(25)24-14(10-11)20(26)27/h1-6,9,14H,7-8,10H2,(H,24,25)(H,26,27)/b2-1+/t14-/m0/s1. The van der Waals surface area contributed by atoms with Crippen LogP contribution in [0.4, 0.5) is 8.78 Å². The molecule has 2 heterocycles. The summed E-state index contributed by atoms with van der Waals surface area (Å²) in [6, 6.07) is 5.23. The summed E-state index contributed by atoms with van der Waals surface area (Å²) in [6.45, 7) is 0.120. The number of hydrogen-bond donors (Lipinski definition) is 2. The third-order valence-corrected chi connectivity index (χ3v) is 4.46. The van der Waals surface area contributed by atoms with Crippen molar-refractivity contribution >= 4 is 23.5 Å². The molecule has 0 spiro atoms. The van der Waals surface area contributed by atoms with E-state index in [0.29, 0.717) is 11.3 Å². The number of hydrogen-bond acceptors (Lipinski definition) is 4. The topological polar surface area (TPSA) is 84.9 Å². The molecular weight excluding hydrogens is 408 g/mol. The smallest absolute Gasteiger partial charge is 0.326 e. The van der Waals surface area contributed by atoms with Crippen molar-refractivity contribution in [2.45, 2.75) is 12.5 Å². The van der Waals surface area contributed by atoms with E-state index in [-0.39, 0.29) is 30.4 Å². The normalized spacial score (nSPS) is 18.2. The van der Waals surface area contributed by atoms with E-state index in [0.717, 1.165) is 12.1 Å². The number of halogens is 3. The van der Waals surface area contributed by atoms with Gasteiger partial charge in [-0.2, -0.15) is 0 Å². The predicted octanol–water partition coefficient (Wildman–Crippen LogP) is 3.37. The summed E-state index contributed by atoms with van der Waals surface area (Å²) in [5, 5.41) is 11.9. The number of amides is 1. The second kappa shape index (κ2) is 8.91. The Bertz CT molecular complexity index is 980. The minimum absolute atomic E-state index is 0.0518. The molecule has 2 bridgehead atoms. The van der Waals surface area contributed by atoms with Crippen LogP contribution in [0.25, 0.3) is 0 Å². The van der Waals surface area contributed by atoms with Gasteiger partial charge in [0.1, 0.15) is 36.3 Å². The van der Waals surface area contributed by atoms with Crippen molar-refractivity contribution in [2.75, 3.05) is 13.2 Å². The molecule has 0 saturated carbocycles. The average Bonchev–Trinajstić information content (AvgIpc) is 2.67. The fourth-order valence-corrected chi connectivity index (χ4v) is 2.99. The first-order valence-electron chi connectivity index (χ1n) is 8.57. The number of ether oxygens (including phenoxy) is 2. The first-order valence-corrected chi connectivity index (χ1v) is 8.95. The maximum Gasteiger partial charge on any atom is 0.326 e. The second-order valence-electron chi connectivity index (χ2n) is 6.16. The number of carbonyl (C=O) groups is 2. The molecule has 4 rings (SSSR count). The lowest BCUT2D eigenvalue weighted by Crippen LogP contribution is -2.42. The molecule has 2 aromatic carbocycles. The molecule has 9 heteroatoms. The van der Waals surface area contributed by atoms with E-state index in [4.69, 9.17) is 21.1 Å². The molecule has 2 N–H and O–H groups in total. The van der Waals surface area contributed by atoms with Gasteiger partial charge < -0.3 is 19.9 Å². The Morgan fingerprint density at radius 3 is 2.41 bits per heavy atom. The lowest BCUT2D eigenvalue weighted by molar-refractivity contribution is -0.139. The molecule has 2 aromatic rings. The Morgan fingerprint density at radius 1 is 1.10 bits per heavy atom. The largest absolute Gasteiger partial charge is 0.489 e. The van der Waals surface area contributed by atoms with E-state index in [1.54, 1.807) is 24.3 Å². The zero-order valence-electron chi connectivity index (χ0n) is 15.0. The van der Waals surface area contributed by atoms with E-state index < -0.39 is 35.1 Å². The molecule has 0 aliphatic carbocycles. The molecule has 0 fully saturated rings. The van der Waals surface area contributed by atoms with E-state index in [2.05, 4.69) is 5.32 Å². The summed E-state index contributed by atoms with van der Waals surface area (Å²) in [6.07, 6.45) is 3.07. The molecule has 0 radical (unpaired) electrons. The quantitative estimate of drug-likeness (QED) is 0.687. The number of carboxylic acid groups (broad SMARTS) is 1. The van der Waals surface area contributed by atoms with Crippen molar-refractivity contribution in [3.05, 3.63) is 70.3 Å². The Kier molecular flexibility index (Phi) is 6.33. The maximum atomic E-state index is 14.3. The highest BCUT2D eigenvalue weighted by molar-refractivity contribution is 6.32. The van der Waals surface area contributed by atoms with Crippen LogP contribution in [0.2, 0.25) is 5.02 Å². The summed E-state index contributed by atoms with van der Waals surface area (Å²) in [4.78, 5) is 24.2.